The minimum absolute atomic E-state index is 0.0289. The number of benzene rings is 1. The summed E-state index contributed by atoms with van der Waals surface area (Å²) in [6.45, 7) is 4.05. The summed E-state index contributed by atoms with van der Waals surface area (Å²) in [5, 5.41) is 22.6. The maximum absolute atomic E-state index is 9.71. The quantitative estimate of drug-likeness (QED) is 0.906. The van der Waals surface area contributed by atoms with Gasteiger partial charge in [0.25, 0.3) is 0 Å². The van der Waals surface area contributed by atoms with Gasteiger partial charge in [-0.15, -0.1) is 5.10 Å². The molecule has 1 aromatic heterocycles. The molecule has 1 atom stereocenters. The molecule has 1 unspecified atom stereocenters. The van der Waals surface area contributed by atoms with Crippen molar-refractivity contribution in [3.63, 3.8) is 0 Å². The van der Waals surface area contributed by atoms with E-state index in [4.69, 9.17) is 0 Å². The van der Waals surface area contributed by atoms with E-state index in [1.807, 2.05) is 12.1 Å². The topological polar surface area (TPSA) is 70.3 Å². The highest BCUT2D eigenvalue weighted by Crippen LogP contribution is 2.34. The molecule has 26 heavy (non-hydrogen) atoms. The molecular formula is C19H28N6O. The Balaban J connectivity index is 1.69. The van der Waals surface area contributed by atoms with E-state index < -0.39 is 0 Å². The van der Waals surface area contributed by atoms with Crippen LogP contribution in [-0.2, 0) is 0 Å². The molecule has 0 radical (unpaired) electrons. The zero-order chi connectivity index (χ0) is 17.9. The molecule has 1 N–H and O–H groups in total. The molecule has 7 heteroatoms. The molecule has 1 saturated heterocycles. The summed E-state index contributed by atoms with van der Waals surface area (Å²) in [7, 11) is 2.17. The van der Waals surface area contributed by atoms with E-state index in [1.165, 1.54) is 19.3 Å². The number of phenolic OH excluding ortho intramolecular Hbond substituents is 1. The molecule has 2 fully saturated rings. The fourth-order valence-electron chi connectivity index (χ4n) is 4.23. The molecule has 7 nitrogen and oxygen atoms in total. The molecule has 1 aliphatic carbocycles. The van der Waals surface area contributed by atoms with Gasteiger partial charge in [0, 0.05) is 26.2 Å². The zero-order valence-corrected chi connectivity index (χ0v) is 15.5. The molecular weight excluding hydrogens is 328 g/mol. The van der Waals surface area contributed by atoms with E-state index in [0.717, 1.165) is 50.4 Å². The number of phenols is 1. The molecule has 0 amide bonds. The number of aromatic hydroxyl groups is 1. The second-order valence-electron chi connectivity index (χ2n) is 7.61. The third-order valence-electron chi connectivity index (χ3n) is 5.80. The van der Waals surface area contributed by atoms with Gasteiger partial charge in [-0.2, -0.15) is 0 Å². The lowest BCUT2D eigenvalue weighted by molar-refractivity contribution is 0.119. The molecule has 1 saturated carbocycles. The van der Waals surface area contributed by atoms with Crippen LogP contribution >= 0.6 is 0 Å². The van der Waals surface area contributed by atoms with Crippen LogP contribution in [0.15, 0.2) is 24.3 Å². The van der Waals surface area contributed by atoms with Crippen molar-refractivity contribution >= 4 is 0 Å². The summed E-state index contributed by atoms with van der Waals surface area (Å²) < 4.78 is 2.08. The van der Waals surface area contributed by atoms with Crippen LogP contribution < -0.4 is 0 Å². The summed E-state index contributed by atoms with van der Waals surface area (Å²) in [6, 6.07) is 7.94. The highest BCUT2D eigenvalue weighted by Gasteiger charge is 2.32. The number of piperazine rings is 1. The number of nitrogens with zero attached hydrogens (tertiary/aromatic N) is 6. The lowest BCUT2D eigenvalue weighted by Crippen LogP contribution is -2.46. The standard InChI is InChI=1S/C19H28N6O/c1-23-11-13-24(14-12-23)18(15-7-9-17(26)10-8-15)19-20-21-22-25(19)16-5-3-2-4-6-16/h7-10,16,18,26H,2-6,11-14H2,1H3. The Bertz CT molecular complexity index is 701. The maximum Gasteiger partial charge on any atom is 0.173 e. The average Bonchev–Trinajstić information content (AvgIpc) is 3.15. The van der Waals surface area contributed by atoms with Crippen molar-refractivity contribution < 1.29 is 5.11 Å². The maximum atomic E-state index is 9.71. The Hall–Kier alpha value is -1.99. The van der Waals surface area contributed by atoms with Crippen LogP contribution in [0.25, 0.3) is 0 Å². The average molecular weight is 356 g/mol. The molecule has 1 aliphatic heterocycles. The summed E-state index contributed by atoms with van der Waals surface area (Å²) in [5.74, 6) is 1.23. The molecule has 2 aliphatic rings. The monoisotopic (exact) mass is 356 g/mol. The number of hydrogen-bond acceptors (Lipinski definition) is 6. The van der Waals surface area contributed by atoms with E-state index in [2.05, 4.69) is 37.1 Å². The van der Waals surface area contributed by atoms with Gasteiger partial charge in [0.2, 0.25) is 0 Å². The van der Waals surface area contributed by atoms with Crippen molar-refractivity contribution in [2.75, 3.05) is 33.2 Å². The molecule has 0 bridgehead atoms. The van der Waals surface area contributed by atoms with Gasteiger partial charge in [-0.3, -0.25) is 4.90 Å². The van der Waals surface area contributed by atoms with Gasteiger partial charge < -0.3 is 10.0 Å². The number of rotatable bonds is 4. The van der Waals surface area contributed by atoms with Gasteiger partial charge in [0.1, 0.15) is 5.75 Å². The largest absolute Gasteiger partial charge is 0.508 e. The van der Waals surface area contributed by atoms with Crippen LogP contribution in [0.5, 0.6) is 5.75 Å². The summed E-state index contributed by atoms with van der Waals surface area (Å²) >= 11 is 0. The first-order chi connectivity index (χ1) is 12.7. The fraction of sp³-hybridized carbons (Fsp3) is 0.632. The Morgan fingerprint density at radius 3 is 2.38 bits per heavy atom. The van der Waals surface area contributed by atoms with Crippen molar-refractivity contribution in [3.05, 3.63) is 35.7 Å². The smallest absolute Gasteiger partial charge is 0.173 e. The lowest BCUT2D eigenvalue weighted by Gasteiger charge is -2.38. The second-order valence-corrected chi connectivity index (χ2v) is 7.61. The van der Waals surface area contributed by atoms with Crippen molar-refractivity contribution in [2.45, 2.75) is 44.2 Å². The SMILES string of the molecule is CN1CCN(C(c2ccc(O)cc2)c2nnnn2C2CCCCC2)CC1. The van der Waals surface area contributed by atoms with Crippen LogP contribution in [0.2, 0.25) is 0 Å². The first kappa shape index (κ1) is 17.4. The second kappa shape index (κ2) is 7.72. The third-order valence-corrected chi connectivity index (χ3v) is 5.80. The molecule has 0 spiro atoms. The van der Waals surface area contributed by atoms with Crippen molar-refractivity contribution in [2.24, 2.45) is 0 Å². The Morgan fingerprint density at radius 1 is 1.00 bits per heavy atom. The van der Waals surface area contributed by atoms with Crippen molar-refractivity contribution in [1.29, 1.82) is 0 Å². The predicted molar refractivity (Wildman–Crippen MR) is 99.0 cm³/mol. The van der Waals surface area contributed by atoms with Gasteiger partial charge >= 0.3 is 0 Å². The van der Waals surface area contributed by atoms with Crippen molar-refractivity contribution in [1.82, 2.24) is 30.0 Å². The highest BCUT2D eigenvalue weighted by atomic mass is 16.3. The lowest BCUT2D eigenvalue weighted by atomic mass is 9.95. The number of hydrogen-bond donors (Lipinski definition) is 1. The summed E-state index contributed by atoms with van der Waals surface area (Å²) in [6.07, 6.45) is 6.13. The molecule has 2 aromatic rings. The number of aromatic nitrogens is 4. The minimum Gasteiger partial charge on any atom is -0.508 e. The van der Waals surface area contributed by atoms with Gasteiger partial charge in [-0.05, 0) is 48.0 Å². The van der Waals surface area contributed by atoms with Crippen LogP contribution in [0, 0.1) is 0 Å². The summed E-state index contributed by atoms with van der Waals surface area (Å²) in [4.78, 5) is 4.83. The Morgan fingerprint density at radius 2 is 1.69 bits per heavy atom. The van der Waals surface area contributed by atoms with Crippen LogP contribution in [0.4, 0.5) is 0 Å². The number of tetrazole rings is 1. The van der Waals surface area contributed by atoms with Crippen LogP contribution in [0.3, 0.4) is 0 Å². The molecule has 1 aromatic carbocycles. The fourth-order valence-corrected chi connectivity index (χ4v) is 4.23. The molecule has 2 heterocycles. The zero-order valence-electron chi connectivity index (χ0n) is 15.5. The van der Waals surface area contributed by atoms with Crippen molar-refractivity contribution in [3.8, 4) is 5.75 Å². The number of likely N-dealkylation sites (N-methyl/N-ethyl adjacent to an activating group) is 1. The van der Waals surface area contributed by atoms with E-state index in [0.29, 0.717) is 6.04 Å². The van der Waals surface area contributed by atoms with Crippen LogP contribution in [0.1, 0.15) is 55.6 Å². The molecule has 4 rings (SSSR count). The van der Waals surface area contributed by atoms with E-state index in [1.54, 1.807) is 12.1 Å². The van der Waals surface area contributed by atoms with Gasteiger partial charge in [-0.1, -0.05) is 31.4 Å². The molecule has 140 valence electrons. The van der Waals surface area contributed by atoms with Gasteiger partial charge in [-0.25, -0.2) is 4.68 Å². The predicted octanol–water partition coefficient (Wildman–Crippen LogP) is 2.22. The highest BCUT2D eigenvalue weighted by molar-refractivity contribution is 5.31. The normalized spacial score (nSPS) is 21.7. The van der Waals surface area contributed by atoms with Gasteiger partial charge in [0.05, 0.1) is 12.1 Å². The third kappa shape index (κ3) is 3.59. The Kier molecular flexibility index (Phi) is 5.17. The van der Waals surface area contributed by atoms with Gasteiger partial charge in [0.15, 0.2) is 5.82 Å². The summed E-state index contributed by atoms with van der Waals surface area (Å²) in [5.41, 5.74) is 1.14. The first-order valence-corrected chi connectivity index (χ1v) is 9.71. The minimum atomic E-state index is 0.0289. The Labute approximate surface area is 154 Å². The van der Waals surface area contributed by atoms with E-state index in [9.17, 15) is 5.11 Å². The van der Waals surface area contributed by atoms with Crippen LogP contribution in [-0.4, -0.2) is 68.3 Å². The van der Waals surface area contributed by atoms with E-state index in [-0.39, 0.29) is 11.8 Å². The first-order valence-electron chi connectivity index (χ1n) is 9.71. The van der Waals surface area contributed by atoms with E-state index >= 15 is 0 Å².